The number of nitrogens with one attached hydrogen (secondary N) is 1. The molecule has 2 aromatic carbocycles. The fraction of sp³-hybridized carbons (Fsp3) is 0.222. The molecule has 0 aliphatic heterocycles. The number of thiophene rings is 1. The first-order chi connectivity index (χ1) is 10.8. The lowest BCUT2D eigenvalue weighted by atomic mass is 10.1. The lowest BCUT2D eigenvalue weighted by Gasteiger charge is -2.20. The van der Waals surface area contributed by atoms with Crippen LogP contribution in [0.15, 0.2) is 60.0 Å². The van der Waals surface area contributed by atoms with Gasteiger partial charge >= 0.3 is 0 Å². The van der Waals surface area contributed by atoms with E-state index in [0.717, 1.165) is 18.7 Å². The molecule has 2 atom stereocenters. The van der Waals surface area contributed by atoms with Crippen LogP contribution in [0.5, 0.6) is 5.75 Å². The molecular weight excluding hydrogens is 405 g/mol. The molecule has 0 saturated heterocycles. The molecule has 1 aliphatic rings. The first-order valence-corrected chi connectivity index (χ1v) is 9.33. The van der Waals surface area contributed by atoms with Crippen molar-refractivity contribution >= 4 is 45.0 Å². The molecule has 1 saturated carbocycles. The van der Waals surface area contributed by atoms with E-state index in [1.807, 2.05) is 0 Å². The van der Waals surface area contributed by atoms with Crippen LogP contribution >= 0.6 is 34.2 Å². The van der Waals surface area contributed by atoms with Crippen LogP contribution in [0.25, 0.3) is 10.8 Å². The number of rotatable bonds is 5. The SMILES string of the molecule is INC[C@@H]1C[C@@]1(Oc1cccc2ccccc12)c1cccs1. The van der Waals surface area contributed by atoms with Crippen molar-refractivity contribution in [2.24, 2.45) is 5.92 Å². The summed E-state index contributed by atoms with van der Waals surface area (Å²) >= 11 is 4.01. The van der Waals surface area contributed by atoms with E-state index in [1.165, 1.54) is 15.6 Å². The van der Waals surface area contributed by atoms with Gasteiger partial charge in [0.2, 0.25) is 0 Å². The number of benzene rings is 2. The lowest BCUT2D eigenvalue weighted by molar-refractivity contribution is 0.168. The predicted octanol–water partition coefficient (Wildman–Crippen LogP) is 5.14. The molecule has 3 aromatic rings. The minimum Gasteiger partial charge on any atom is -0.481 e. The Hall–Kier alpha value is -1.11. The summed E-state index contributed by atoms with van der Waals surface area (Å²) in [5.74, 6) is 1.52. The highest BCUT2D eigenvalue weighted by Gasteiger charge is 2.58. The number of fused-ring (bicyclic) bond motifs is 1. The van der Waals surface area contributed by atoms with Crippen molar-refractivity contribution in [1.29, 1.82) is 0 Å². The summed E-state index contributed by atoms with van der Waals surface area (Å²) in [5.41, 5.74) is -0.156. The second-order valence-corrected chi connectivity index (χ2v) is 7.40. The zero-order valence-corrected chi connectivity index (χ0v) is 14.9. The molecule has 1 aliphatic carbocycles. The van der Waals surface area contributed by atoms with Gasteiger partial charge in [-0.25, -0.2) is 0 Å². The van der Waals surface area contributed by atoms with E-state index in [0.29, 0.717) is 5.92 Å². The van der Waals surface area contributed by atoms with Crippen molar-refractivity contribution in [3.63, 3.8) is 0 Å². The maximum absolute atomic E-state index is 6.60. The van der Waals surface area contributed by atoms with Crippen LogP contribution in [0.3, 0.4) is 0 Å². The fourth-order valence-electron chi connectivity index (χ4n) is 3.11. The Labute approximate surface area is 148 Å². The standard InChI is InChI=1S/C18H16INOS/c19-20-12-14-11-18(14,17-9-4-10-22-17)21-16-8-3-6-13-5-1-2-7-15(13)16/h1-10,14,20H,11-12H2/t14-,18-/m0/s1. The monoisotopic (exact) mass is 421 g/mol. The Kier molecular flexibility index (Phi) is 3.84. The average Bonchev–Trinajstić information content (AvgIpc) is 2.99. The normalized spacial score (nSPS) is 23.6. The molecule has 0 amide bonds. The van der Waals surface area contributed by atoms with Gasteiger partial charge in [0.25, 0.3) is 0 Å². The van der Waals surface area contributed by atoms with Crippen LogP contribution in [0, 0.1) is 5.92 Å². The van der Waals surface area contributed by atoms with Crippen molar-refractivity contribution in [3.05, 3.63) is 64.9 Å². The van der Waals surface area contributed by atoms with Gasteiger partial charge in [0.1, 0.15) is 11.4 Å². The van der Waals surface area contributed by atoms with Gasteiger partial charge in [-0.3, -0.25) is 3.53 Å². The van der Waals surface area contributed by atoms with Crippen molar-refractivity contribution in [1.82, 2.24) is 3.53 Å². The lowest BCUT2D eigenvalue weighted by Crippen LogP contribution is -2.21. The summed E-state index contributed by atoms with van der Waals surface area (Å²) in [4.78, 5) is 1.33. The van der Waals surface area contributed by atoms with E-state index in [4.69, 9.17) is 4.74 Å². The maximum atomic E-state index is 6.60. The topological polar surface area (TPSA) is 21.3 Å². The Morgan fingerprint density at radius 3 is 2.82 bits per heavy atom. The van der Waals surface area contributed by atoms with Gasteiger partial charge in [-0.1, -0.05) is 42.5 Å². The second-order valence-electron chi connectivity index (χ2n) is 5.68. The van der Waals surface area contributed by atoms with Gasteiger partial charge in [-0.2, -0.15) is 0 Å². The van der Waals surface area contributed by atoms with E-state index < -0.39 is 0 Å². The predicted molar refractivity (Wildman–Crippen MR) is 101 cm³/mol. The minimum atomic E-state index is -0.156. The third-order valence-electron chi connectivity index (χ3n) is 4.35. The van der Waals surface area contributed by atoms with Crippen molar-refractivity contribution < 1.29 is 4.74 Å². The van der Waals surface area contributed by atoms with Crippen LogP contribution in [-0.2, 0) is 5.60 Å². The smallest absolute Gasteiger partial charge is 0.148 e. The van der Waals surface area contributed by atoms with Gasteiger partial charge < -0.3 is 4.74 Å². The molecule has 1 N–H and O–H groups in total. The largest absolute Gasteiger partial charge is 0.481 e. The number of ether oxygens (including phenoxy) is 1. The molecule has 0 unspecified atom stereocenters. The quantitative estimate of drug-likeness (QED) is 0.455. The molecule has 1 heterocycles. The van der Waals surface area contributed by atoms with Crippen LogP contribution in [0.2, 0.25) is 0 Å². The number of hydrogen-bond donors (Lipinski definition) is 1. The summed E-state index contributed by atoms with van der Waals surface area (Å²) in [6.45, 7) is 0.975. The van der Waals surface area contributed by atoms with E-state index in [1.54, 1.807) is 11.3 Å². The van der Waals surface area contributed by atoms with Gasteiger partial charge in [0.05, 0.1) is 0 Å². The van der Waals surface area contributed by atoms with Gasteiger partial charge in [0.15, 0.2) is 0 Å². The Morgan fingerprint density at radius 2 is 2.00 bits per heavy atom. The van der Waals surface area contributed by atoms with Gasteiger partial charge in [0, 0.05) is 52.0 Å². The third-order valence-corrected chi connectivity index (χ3v) is 5.82. The Balaban J connectivity index is 1.73. The van der Waals surface area contributed by atoms with E-state index in [-0.39, 0.29) is 5.60 Å². The van der Waals surface area contributed by atoms with Crippen LogP contribution in [0.1, 0.15) is 11.3 Å². The van der Waals surface area contributed by atoms with E-state index >= 15 is 0 Å². The van der Waals surface area contributed by atoms with Crippen molar-refractivity contribution in [3.8, 4) is 5.75 Å². The van der Waals surface area contributed by atoms with Crippen molar-refractivity contribution in [2.75, 3.05) is 6.54 Å². The zero-order valence-electron chi connectivity index (χ0n) is 12.0. The van der Waals surface area contributed by atoms with Gasteiger partial charge in [-0.05, 0) is 22.9 Å². The van der Waals surface area contributed by atoms with Crippen molar-refractivity contribution in [2.45, 2.75) is 12.0 Å². The second kappa shape index (κ2) is 5.83. The summed E-state index contributed by atoms with van der Waals surface area (Å²) < 4.78 is 9.87. The first kappa shape index (κ1) is 14.5. The highest BCUT2D eigenvalue weighted by Crippen LogP contribution is 2.56. The van der Waals surface area contributed by atoms with Crippen LogP contribution in [-0.4, -0.2) is 6.54 Å². The highest BCUT2D eigenvalue weighted by molar-refractivity contribution is 14.1. The molecular formula is C18H16INOS. The molecule has 1 aromatic heterocycles. The third kappa shape index (κ3) is 2.43. The molecule has 0 spiro atoms. The summed E-state index contributed by atoms with van der Waals surface area (Å²) in [6, 6.07) is 19.0. The number of halogens is 1. The fourth-order valence-corrected chi connectivity index (χ4v) is 4.60. The highest BCUT2D eigenvalue weighted by atomic mass is 127. The zero-order chi connectivity index (χ0) is 15.0. The Bertz CT molecular complexity index is 783. The summed E-state index contributed by atoms with van der Waals surface area (Å²) in [6.07, 6.45) is 1.08. The molecule has 2 nitrogen and oxygen atoms in total. The van der Waals surface area contributed by atoms with Crippen LogP contribution in [0.4, 0.5) is 0 Å². The number of hydrogen-bond acceptors (Lipinski definition) is 3. The molecule has 1 fully saturated rings. The molecule has 4 rings (SSSR count). The van der Waals surface area contributed by atoms with Crippen LogP contribution < -0.4 is 8.27 Å². The average molecular weight is 421 g/mol. The Morgan fingerprint density at radius 1 is 1.14 bits per heavy atom. The maximum Gasteiger partial charge on any atom is 0.148 e. The summed E-state index contributed by atoms with van der Waals surface area (Å²) in [5, 5.41) is 4.55. The first-order valence-electron chi connectivity index (χ1n) is 7.38. The van der Waals surface area contributed by atoms with E-state index in [2.05, 4.69) is 86.4 Å². The molecule has 4 heteroatoms. The van der Waals surface area contributed by atoms with Gasteiger partial charge in [-0.15, -0.1) is 11.3 Å². The van der Waals surface area contributed by atoms with E-state index in [9.17, 15) is 0 Å². The molecule has 112 valence electrons. The summed E-state index contributed by atoms with van der Waals surface area (Å²) in [7, 11) is 0. The molecule has 0 radical (unpaired) electrons. The molecule has 22 heavy (non-hydrogen) atoms. The minimum absolute atomic E-state index is 0.156. The molecule has 0 bridgehead atoms.